The van der Waals surface area contributed by atoms with Crippen molar-refractivity contribution in [2.45, 2.75) is 25.4 Å². The van der Waals surface area contributed by atoms with Crippen molar-refractivity contribution in [3.8, 4) is 11.4 Å². The number of amides is 1. The van der Waals surface area contributed by atoms with Gasteiger partial charge in [0.15, 0.2) is 11.5 Å². The second kappa shape index (κ2) is 6.53. The molecule has 7 heteroatoms. The maximum Gasteiger partial charge on any atom is 0.276 e. The van der Waals surface area contributed by atoms with E-state index in [0.717, 1.165) is 23.2 Å². The zero-order chi connectivity index (χ0) is 19.1. The van der Waals surface area contributed by atoms with Gasteiger partial charge < -0.3 is 14.2 Å². The van der Waals surface area contributed by atoms with E-state index in [-0.39, 0.29) is 11.3 Å². The third-order valence-electron chi connectivity index (χ3n) is 5.52. The molecule has 1 saturated heterocycles. The Morgan fingerprint density at radius 3 is 2.89 bits per heavy atom. The average Bonchev–Trinajstić information content (AvgIpc) is 3.36. The minimum atomic E-state index is -0.311. The van der Waals surface area contributed by atoms with Gasteiger partial charge in [-0.25, -0.2) is 9.97 Å². The molecule has 142 valence electrons. The molecule has 5 rings (SSSR count). The Balaban J connectivity index is 1.48. The molecule has 0 aliphatic carbocycles. The number of benzene rings is 1. The highest BCUT2D eigenvalue weighted by Gasteiger charge is 2.46. The van der Waals surface area contributed by atoms with Crippen molar-refractivity contribution >= 4 is 5.91 Å². The van der Waals surface area contributed by atoms with Crippen molar-refractivity contribution in [3.05, 3.63) is 65.3 Å². The summed E-state index contributed by atoms with van der Waals surface area (Å²) in [6.07, 6.45) is 2.66. The fraction of sp³-hybridized carbons (Fsp3) is 0.333. The van der Waals surface area contributed by atoms with Crippen molar-refractivity contribution in [2.24, 2.45) is 0 Å². The summed E-state index contributed by atoms with van der Waals surface area (Å²) in [5, 5.41) is 3.87. The van der Waals surface area contributed by atoms with Crippen LogP contribution in [0.1, 0.15) is 33.9 Å². The van der Waals surface area contributed by atoms with Gasteiger partial charge in [0.2, 0.25) is 0 Å². The largest absolute Gasteiger partial charge is 0.376 e. The summed E-state index contributed by atoms with van der Waals surface area (Å²) in [5.74, 6) is 1.22. The van der Waals surface area contributed by atoms with Gasteiger partial charge >= 0.3 is 0 Å². The predicted molar refractivity (Wildman–Crippen MR) is 101 cm³/mol. The quantitative estimate of drug-likeness (QED) is 0.684. The highest BCUT2D eigenvalue weighted by molar-refractivity contribution is 5.92. The maximum atomic E-state index is 12.8. The molecule has 1 fully saturated rings. The van der Waals surface area contributed by atoms with Gasteiger partial charge in [-0.15, -0.1) is 0 Å². The van der Waals surface area contributed by atoms with E-state index in [9.17, 15) is 4.79 Å². The van der Waals surface area contributed by atoms with Gasteiger partial charge in [0.25, 0.3) is 5.91 Å². The summed E-state index contributed by atoms with van der Waals surface area (Å²) >= 11 is 0. The van der Waals surface area contributed by atoms with E-state index in [2.05, 4.69) is 10.1 Å². The highest BCUT2D eigenvalue weighted by Crippen LogP contribution is 2.40. The SMILES string of the molecule is Cc1cc(C(=O)N2CC[C@]3(COCc4cnc(-c5ccccc5)nc43)C2)no1. The molecule has 1 aromatic carbocycles. The van der Waals surface area contributed by atoms with Crippen molar-refractivity contribution in [2.75, 3.05) is 19.7 Å². The predicted octanol–water partition coefficient (Wildman–Crippen LogP) is 2.75. The van der Waals surface area contributed by atoms with Crippen LogP contribution in [-0.4, -0.2) is 45.6 Å². The number of carbonyl (C=O) groups excluding carboxylic acids is 1. The monoisotopic (exact) mass is 376 g/mol. The normalized spacial score (nSPS) is 21.1. The Hall–Kier alpha value is -3.06. The molecule has 0 unspecified atom stereocenters. The van der Waals surface area contributed by atoms with E-state index in [1.807, 2.05) is 41.4 Å². The standard InChI is InChI=1S/C21H20N4O3/c1-14-9-17(24-28-14)20(26)25-8-7-21(12-25)13-27-11-16-10-22-19(23-18(16)21)15-5-3-2-4-6-15/h2-6,9-10H,7-8,11-13H2,1H3/t21-/m1/s1. The molecule has 3 aromatic rings. The van der Waals surface area contributed by atoms with E-state index < -0.39 is 0 Å². The smallest absolute Gasteiger partial charge is 0.276 e. The lowest BCUT2D eigenvalue weighted by atomic mass is 9.80. The first-order chi connectivity index (χ1) is 13.6. The average molecular weight is 376 g/mol. The van der Waals surface area contributed by atoms with Crippen LogP contribution in [0.5, 0.6) is 0 Å². The Bertz CT molecular complexity index is 1030. The lowest BCUT2D eigenvalue weighted by Gasteiger charge is -2.34. The van der Waals surface area contributed by atoms with Crippen LogP contribution in [0.2, 0.25) is 0 Å². The zero-order valence-corrected chi connectivity index (χ0v) is 15.6. The third-order valence-corrected chi connectivity index (χ3v) is 5.52. The molecule has 0 radical (unpaired) electrons. The van der Waals surface area contributed by atoms with E-state index in [1.54, 1.807) is 13.0 Å². The number of aromatic nitrogens is 3. The van der Waals surface area contributed by atoms with Crippen molar-refractivity contribution in [3.63, 3.8) is 0 Å². The van der Waals surface area contributed by atoms with E-state index >= 15 is 0 Å². The molecule has 7 nitrogen and oxygen atoms in total. The summed E-state index contributed by atoms with van der Waals surface area (Å²) in [6, 6.07) is 11.6. The zero-order valence-electron chi connectivity index (χ0n) is 15.6. The van der Waals surface area contributed by atoms with Crippen LogP contribution in [0.3, 0.4) is 0 Å². The number of nitrogens with zero attached hydrogens (tertiary/aromatic N) is 4. The minimum absolute atomic E-state index is 0.113. The maximum absolute atomic E-state index is 12.8. The van der Waals surface area contributed by atoms with Crippen molar-refractivity contribution in [1.29, 1.82) is 0 Å². The van der Waals surface area contributed by atoms with Gasteiger partial charge in [0, 0.05) is 36.5 Å². The number of likely N-dealkylation sites (tertiary alicyclic amines) is 1. The fourth-order valence-electron chi connectivity index (χ4n) is 4.11. The molecule has 28 heavy (non-hydrogen) atoms. The van der Waals surface area contributed by atoms with Crippen molar-refractivity contribution < 1.29 is 14.1 Å². The van der Waals surface area contributed by atoms with Crippen LogP contribution >= 0.6 is 0 Å². The fourth-order valence-corrected chi connectivity index (χ4v) is 4.11. The number of rotatable bonds is 2. The number of aryl methyl sites for hydroxylation is 1. The van der Waals surface area contributed by atoms with Crippen LogP contribution in [0.15, 0.2) is 47.1 Å². The first-order valence-corrected chi connectivity index (χ1v) is 9.37. The molecule has 0 N–H and O–H groups in total. The van der Waals surface area contributed by atoms with Crippen LogP contribution in [0, 0.1) is 6.92 Å². The van der Waals surface area contributed by atoms with Crippen LogP contribution < -0.4 is 0 Å². The molecule has 2 aliphatic heterocycles. The van der Waals surface area contributed by atoms with Gasteiger partial charge in [0.1, 0.15) is 5.76 Å². The number of fused-ring (bicyclic) bond motifs is 2. The van der Waals surface area contributed by atoms with Gasteiger partial charge in [-0.3, -0.25) is 4.79 Å². The lowest BCUT2D eigenvalue weighted by Crippen LogP contribution is -2.41. The van der Waals surface area contributed by atoms with Crippen LogP contribution in [0.4, 0.5) is 0 Å². The van der Waals surface area contributed by atoms with Gasteiger partial charge in [-0.1, -0.05) is 35.5 Å². The van der Waals surface area contributed by atoms with Gasteiger partial charge in [-0.2, -0.15) is 0 Å². The first kappa shape index (κ1) is 17.1. The molecule has 1 spiro atoms. The number of ether oxygens (including phenoxy) is 1. The topological polar surface area (TPSA) is 81.4 Å². The van der Waals surface area contributed by atoms with E-state index in [1.165, 1.54) is 0 Å². The number of carbonyl (C=O) groups is 1. The summed E-state index contributed by atoms with van der Waals surface area (Å²) in [7, 11) is 0. The molecule has 0 saturated carbocycles. The third kappa shape index (κ3) is 2.79. The number of hydrogen-bond acceptors (Lipinski definition) is 6. The molecule has 1 amide bonds. The molecular formula is C21H20N4O3. The molecular weight excluding hydrogens is 356 g/mol. The van der Waals surface area contributed by atoms with E-state index in [4.69, 9.17) is 14.2 Å². The Morgan fingerprint density at radius 2 is 2.11 bits per heavy atom. The van der Waals surface area contributed by atoms with Gasteiger partial charge in [-0.05, 0) is 13.3 Å². The first-order valence-electron chi connectivity index (χ1n) is 9.37. The minimum Gasteiger partial charge on any atom is -0.376 e. The van der Waals surface area contributed by atoms with Crippen LogP contribution in [0.25, 0.3) is 11.4 Å². The molecule has 0 bridgehead atoms. The van der Waals surface area contributed by atoms with Gasteiger partial charge in [0.05, 0.1) is 24.3 Å². The molecule has 2 aliphatic rings. The summed E-state index contributed by atoms with van der Waals surface area (Å²) in [4.78, 5) is 24.1. The second-order valence-electron chi connectivity index (χ2n) is 7.51. The molecule has 4 heterocycles. The number of hydrogen-bond donors (Lipinski definition) is 0. The Labute approximate surface area is 162 Å². The summed E-state index contributed by atoms with van der Waals surface area (Å²) < 4.78 is 10.9. The Kier molecular flexibility index (Phi) is 3.98. The van der Waals surface area contributed by atoms with Crippen molar-refractivity contribution in [1.82, 2.24) is 20.0 Å². The Morgan fingerprint density at radius 1 is 1.25 bits per heavy atom. The van der Waals surface area contributed by atoms with Crippen LogP contribution in [-0.2, 0) is 16.8 Å². The lowest BCUT2D eigenvalue weighted by molar-refractivity contribution is 0.0483. The molecule has 1 atom stereocenters. The summed E-state index contributed by atoms with van der Waals surface area (Å²) in [6.45, 7) is 4.02. The second-order valence-corrected chi connectivity index (χ2v) is 7.51. The van der Waals surface area contributed by atoms with E-state index in [0.29, 0.717) is 43.6 Å². The highest BCUT2D eigenvalue weighted by atomic mass is 16.5. The summed E-state index contributed by atoms with van der Waals surface area (Å²) in [5.41, 5.74) is 3.01. The molecule has 2 aromatic heterocycles.